The second-order valence-corrected chi connectivity index (χ2v) is 8.01. The Morgan fingerprint density at radius 2 is 1.87 bits per heavy atom. The van der Waals surface area contributed by atoms with E-state index >= 15 is 0 Å². The van der Waals surface area contributed by atoms with Crippen LogP contribution in [0.2, 0.25) is 0 Å². The highest BCUT2D eigenvalue weighted by molar-refractivity contribution is 5.77. The molecule has 1 aliphatic rings. The van der Waals surface area contributed by atoms with Crippen LogP contribution in [0.3, 0.4) is 0 Å². The molecule has 158 valence electrons. The summed E-state index contributed by atoms with van der Waals surface area (Å²) < 4.78 is 7.77. The van der Waals surface area contributed by atoms with Gasteiger partial charge in [-0.15, -0.1) is 0 Å². The largest absolute Gasteiger partial charge is 0.494 e. The molecule has 0 bridgehead atoms. The standard InChI is InChI=1S/C25H31N3O2/c1-3-27(4-2)15-7-17-30-21-12-10-19(11-13-21)18-20-14-16-28-24(20)26-23-9-6-5-8-22(23)25(28)29/h5-6,8-13,20H,3-4,7,14-18H2,1-2H3. The highest BCUT2D eigenvalue weighted by Gasteiger charge is 2.26. The van der Waals surface area contributed by atoms with Crippen molar-refractivity contribution in [3.8, 4) is 5.75 Å². The van der Waals surface area contributed by atoms with E-state index in [1.54, 1.807) is 0 Å². The van der Waals surface area contributed by atoms with Crippen molar-refractivity contribution in [3.05, 3.63) is 70.3 Å². The average molecular weight is 406 g/mol. The van der Waals surface area contributed by atoms with Crippen LogP contribution >= 0.6 is 0 Å². The number of hydrogen-bond donors (Lipinski definition) is 0. The lowest BCUT2D eigenvalue weighted by molar-refractivity contribution is 0.249. The monoisotopic (exact) mass is 405 g/mol. The molecule has 0 amide bonds. The van der Waals surface area contributed by atoms with Crippen LogP contribution in [0, 0.1) is 0 Å². The first-order valence-corrected chi connectivity index (χ1v) is 11.1. The fourth-order valence-electron chi connectivity index (χ4n) is 4.34. The van der Waals surface area contributed by atoms with E-state index < -0.39 is 0 Å². The van der Waals surface area contributed by atoms with Gasteiger partial charge >= 0.3 is 0 Å². The molecule has 0 spiro atoms. The van der Waals surface area contributed by atoms with Crippen molar-refractivity contribution in [1.82, 2.24) is 14.5 Å². The third-order valence-corrected chi connectivity index (χ3v) is 6.14. The fourth-order valence-corrected chi connectivity index (χ4v) is 4.34. The molecule has 1 unspecified atom stereocenters. The maximum absolute atomic E-state index is 12.8. The molecular weight excluding hydrogens is 374 g/mol. The van der Waals surface area contributed by atoms with Gasteiger partial charge in [-0.05, 0) is 62.2 Å². The van der Waals surface area contributed by atoms with Crippen LogP contribution < -0.4 is 10.3 Å². The van der Waals surface area contributed by atoms with Gasteiger partial charge in [0.25, 0.3) is 5.56 Å². The van der Waals surface area contributed by atoms with E-state index in [1.165, 1.54) is 5.56 Å². The fraction of sp³-hybridized carbons (Fsp3) is 0.440. The zero-order valence-corrected chi connectivity index (χ0v) is 18.0. The Morgan fingerprint density at radius 3 is 2.63 bits per heavy atom. The van der Waals surface area contributed by atoms with E-state index in [4.69, 9.17) is 9.72 Å². The van der Waals surface area contributed by atoms with Crippen molar-refractivity contribution in [3.63, 3.8) is 0 Å². The highest BCUT2D eigenvalue weighted by atomic mass is 16.5. The van der Waals surface area contributed by atoms with E-state index in [0.29, 0.717) is 5.39 Å². The number of rotatable bonds is 9. The number of para-hydroxylation sites is 1. The number of fused-ring (bicyclic) bond motifs is 2. The normalized spacial score (nSPS) is 15.6. The van der Waals surface area contributed by atoms with Gasteiger partial charge in [-0.3, -0.25) is 9.36 Å². The minimum absolute atomic E-state index is 0.0894. The van der Waals surface area contributed by atoms with Crippen LogP contribution in [-0.4, -0.2) is 40.7 Å². The summed E-state index contributed by atoms with van der Waals surface area (Å²) in [7, 11) is 0. The second kappa shape index (κ2) is 9.43. The van der Waals surface area contributed by atoms with Gasteiger partial charge in [0.2, 0.25) is 0 Å². The number of benzene rings is 2. The van der Waals surface area contributed by atoms with Gasteiger partial charge in [0.05, 0.1) is 17.5 Å². The number of hydrogen-bond acceptors (Lipinski definition) is 4. The zero-order valence-electron chi connectivity index (χ0n) is 18.0. The minimum Gasteiger partial charge on any atom is -0.494 e. The number of aromatic nitrogens is 2. The van der Waals surface area contributed by atoms with Gasteiger partial charge < -0.3 is 9.64 Å². The molecule has 2 aromatic carbocycles. The van der Waals surface area contributed by atoms with Crippen LogP contribution in [0.1, 0.15) is 44.0 Å². The molecule has 2 heterocycles. The van der Waals surface area contributed by atoms with Gasteiger partial charge in [0.1, 0.15) is 11.6 Å². The molecular formula is C25H31N3O2. The molecule has 0 saturated carbocycles. The van der Waals surface area contributed by atoms with E-state index in [0.717, 1.165) is 69.1 Å². The molecule has 5 nitrogen and oxygen atoms in total. The SMILES string of the molecule is CCN(CC)CCCOc1ccc(CC2CCn3c2nc2ccccc2c3=O)cc1. The first-order valence-electron chi connectivity index (χ1n) is 11.1. The summed E-state index contributed by atoms with van der Waals surface area (Å²) in [5.41, 5.74) is 2.15. The molecule has 3 aromatic rings. The molecule has 0 aliphatic carbocycles. The molecule has 1 aromatic heterocycles. The maximum Gasteiger partial charge on any atom is 0.261 e. The summed E-state index contributed by atoms with van der Waals surface area (Å²) in [4.78, 5) is 20.0. The lowest BCUT2D eigenvalue weighted by Gasteiger charge is -2.17. The number of nitrogens with zero attached hydrogens (tertiary/aromatic N) is 3. The number of ether oxygens (including phenoxy) is 1. The van der Waals surface area contributed by atoms with Crippen molar-refractivity contribution in [2.45, 2.75) is 45.6 Å². The van der Waals surface area contributed by atoms with Crippen LogP contribution in [0.4, 0.5) is 0 Å². The van der Waals surface area contributed by atoms with E-state index in [2.05, 4.69) is 43.0 Å². The highest BCUT2D eigenvalue weighted by Crippen LogP contribution is 2.30. The summed E-state index contributed by atoms with van der Waals surface area (Å²) in [5.74, 6) is 2.13. The molecule has 0 saturated heterocycles. The molecule has 30 heavy (non-hydrogen) atoms. The lowest BCUT2D eigenvalue weighted by Crippen LogP contribution is -2.25. The van der Waals surface area contributed by atoms with E-state index in [9.17, 15) is 4.79 Å². The summed E-state index contributed by atoms with van der Waals surface area (Å²) in [5, 5.41) is 0.712. The smallest absolute Gasteiger partial charge is 0.261 e. The summed E-state index contributed by atoms with van der Waals surface area (Å²) in [6.07, 6.45) is 2.89. The molecule has 1 atom stereocenters. The van der Waals surface area contributed by atoms with E-state index in [1.807, 2.05) is 28.8 Å². The molecule has 4 rings (SSSR count). The third-order valence-electron chi connectivity index (χ3n) is 6.14. The molecule has 1 aliphatic heterocycles. The molecule has 0 N–H and O–H groups in total. The summed E-state index contributed by atoms with van der Waals surface area (Å²) in [6.45, 7) is 9.14. The van der Waals surface area contributed by atoms with Crippen LogP contribution in [0.5, 0.6) is 5.75 Å². The quantitative estimate of drug-likeness (QED) is 0.500. The summed E-state index contributed by atoms with van der Waals surface area (Å²) >= 11 is 0. The van der Waals surface area contributed by atoms with Crippen molar-refractivity contribution in [2.75, 3.05) is 26.2 Å². The Hall–Kier alpha value is -2.66. The maximum atomic E-state index is 12.8. The van der Waals surface area contributed by atoms with Gasteiger partial charge in [0, 0.05) is 19.0 Å². The van der Waals surface area contributed by atoms with Crippen LogP contribution in [0.15, 0.2) is 53.3 Å². The van der Waals surface area contributed by atoms with E-state index in [-0.39, 0.29) is 11.5 Å². The third kappa shape index (κ3) is 4.41. The molecule has 0 radical (unpaired) electrons. The van der Waals surface area contributed by atoms with Gasteiger partial charge in [-0.1, -0.05) is 38.1 Å². The first kappa shape index (κ1) is 20.6. The Labute approximate surface area is 178 Å². The Kier molecular flexibility index (Phi) is 6.48. The minimum atomic E-state index is 0.0894. The first-order chi connectivity index (χ1) is 14.7. The predicted molar refractivity (Wildman–Crippen MR) is 121 cm³/mol. The van der Waals surface area contributed by atoms with Crippen molar-refractivity contribution in [2.24, 2.45) is 0 Å². The predicted octanol–water partition coefficient (Wildman–Crippen LogP) is 4.24. The Bertz CT molecular complexity index is 1040. The molecule has 0 fully saturated rings. The Balaban J connectivity index is 1.38. The van der Waals surface area contributed by atoms with Gasteiger partial charge in [-0.2, -0.15) is 0 Å². The second-order valence-electron chi connectivity index (χ2n) is 8.01. The summed E-state index contributed by atoms with van der Waals surface area (Å²) in [6, 6.07) is 16.0. The van der Waals surface area contributed by atoms with Crippen LogP contribution in [0.25, 0.3) is 10.9 Å². The van der Waals surface area contributed by atoms with Crippen molar-refractivity contribution >= 4 is 10.9 Å². The zero-order chi connectivity index (χ0) is 20.9. The lowest BCUT2D eigenvalue weighted by atomic mass is 9.97. The molecule has 5 heteroatoms. The van der Waals surface area contributed by atoms with Crippen LogP contribution in [-0.2, 0) is 13.0 Å². The van der Waals surface area contributed by atoms with Gasteiger partial charge in [0.15, 0.2) is 0 Å². The average Bonchev–Trinajstić information content (AvgIpc) is 3.18. The van der Waals surface area contributed by atoms with Crippen molar-refractivity contribution < 1.29 is 4.74 Å². The Morgan fingerprint density at radius 1 is 1.10 bits per heavy atom. The topological polar surface area (TPSA) is 47.4 Å². The van der Waals surface area contributed by atoms with Crippen molar-refractivity contribution in [1.29, 1.82) is 0 Å². The van der Waals surface area contributed by atoms with Gasteiger partial charge in [-0.25, -0.2) is 4.98 Å².